The highest BCUT2D eigenvalue weighted by Gasteiger charge is 2.12. The number of benzene rings is 1. The zero-order valence-electron chi connectivity index (χ0n) is 17.0. The van der Waals surface area contributed by atoms with Gasteiger partial charge in [0.05, 0.1) is 5.56 Å². The van der Waals surface area contributed by atoms with Gasteiger partial charge in [0.2, 0.25) is 0 Å². The minimum Gasteiger partial charge on any atom is -0.296 e. The van der Waals surface area contributed by atoms with Gasteiger partial charge >= 0.3 is 0 Å². The molecule has 4 rings (SSSR count). The number of aromatic nitrogens is 4. The molecule has 1 N–H and O–H groups in total. The molecule has 3 aromatic heterocycles. The second-order valence-corrected chi connectivity index (χ2v) is 7.29. The third-order valence-corrected chi connectivity index (χ3v) is 4.98. The van der Waals surface area contributed by atoms with Gasteiger partial charge in [-0.2, -0.15) is 0 Å². The number of aromatic amines is 1. The summed E-state index contributed by atoms with van der Waals surface area (Å²) in [5.74, 6) is 0.587. The number of pyridine rings is 2. The van der Waals surface area contributed by atoms with Crippen molar-refractivity contribution < 1.29 is 0 Å². The molecule has 0 aliphatic rings. The van der Waals surface area contributed by atoms with Gasteiger partial charge in [0.1, 0.15) is 0 Å². The zero-order valence-corrected chi connectivity index (χ0v) is 17.0. The maximum atomic E-state index is 12.9. The van der Waals surface area contributed by atoms with Gasteiger partial charge in [0.15, 0.2) is 5.82 Å². The van der Waals surface area contributed by atoms with Gasteiger partial charge in [-0.05, 0) is 42.3 Å². The average molecular weight is 399 g/mol. The summed E-state index contributed by atoms with van der Waals surface area (Å²) in [7, 11) is 0. The highest BCUT2D eigenvalue weighted by atomic mass is 16.1. The topological polar surface area (TPSA) is 66.8 Å². The van der Waals surface area contributed by atoms with Gasteiger partial charge in [-0.3, -0.25) is 19.8 Å². The first kappa shape index (κ1) is 19.8. The Hall–Kier alpha value is -3.51. The van der Waals surface area contributed by atoms with E-state index in [9.17, 15) is 4.79 Å². The van der Waals surface area contributed by atoms with Crippen LogP contribution < -0.4 is 5.56 Å². The summed E-state index contributed by atoms with van der Waals surface area (Å²) in [6.45, 7) is 4.87. The fourth-order valence-corrected chi connectivity index (χ4v) is 3.58. The first-order chi connectivity index (χ1) is 14.7. The van der Waals surface area contributed by atoms with E-state index < -0.39 is 0 Å². The molecular weight excluding hydrogens is 374 g/mol. The number of rotatable bonds is 8. The molecule has 1 aromatic carbocycles. The van der Waals surface area contributed by atoms with Crippen molar-refractivity contribution in [2.45, 2.75) is 26.4 Å². The molecule has 0 radical (unpaired) electrons. The summed E-state index contributed by atoms with van der Waals surface area (Å²) in [6, 6.07) is 18.2. The van der Waals surface area contributed by atoms with Crippen molar-refractivity contribution in [3.8, 4) is 16.9 Å². The van der Waals surface area contributed by atoms with Crippen molar-refractivity contribution in [1.82, 2.24) is 24.6 Å². The molecule has 0 saturated heterocycles. The molecule has 6 heteroatoms. The fraction of sp³-hybridized carbons (Fsp3) is 0.208. The highest BCUT2D eigenvalue weighted by Crippen LogP contribution is 2.15. The quantitative estimate of drug-likeness (QED) is 0.486. The Morgan fingerprint density at radius 2 is 1.83 bits per heavy atom. The lowest BCUT2D eigenvalue weighted by Crippen LogP contribution is -2.24. The van der Waals surface area contributed by atoms with Crippen LogP contribution in [0.5, 0.6) is 0 Å². The minimum atomic E-state index is -0.137. The lowest BCUT2D eigenvalue weighted by atomic mass is 10.1. The first-order valence-electron chi connectivity index (χ1n) is 10.2. The van der Waals surface area contributed by atoms with Crippen molar-refractivity contribution in [3.63, 3.8) is 0 Å². The lowest BCUT2D eigenvalue weighted by Gasteiger charge is -2.22. The van der Waals surface area contributed by atoms with Crippen molar-refractivity contribution in [3.05, 3.63) is 101 Å². The van der Waals surface area contributed by atoms with Crippen LogP contribution in [0.1, 0.15) is 24.5 Å². The van der Waals surface area contributed by atoms with E-state index in [0.29, 0.717) is 11.4 Å². The van der Waals surface area contributed by atoms with E-state index in [1.54, 1.807) is 24.8 Å². The second-order valence-electron chi connectivity index (χ2n) is 7.29. The van der Waals surface area contributed by atoms with Gasteiger partial charge < -0.3 is 0 Å². The molecule has 0 fully saturated rings. The third kappa shape index (κ3) is 4.55. The Bertz CT molecular complexity index is 1130. The number of H-pyrrole nitrogens is 1. The number of hydrogen-bond acceptors (Lipinski definition) is 4. The summed E-state index contributed by atoms with van der Waals surface area (Å²) in [4.78, 5) is 23.8. The van der Waals surface area contributed by atoms with Gasteiger partial charge in [-0.15, -0.1) is 0 Å². The lowest BCUT2D eigenvalue weighted by molar-refractivity contribution is 0.257. The average Bonchev–Trinajstić information content (AvgIpc) is 3.17. The minimum absolute atomic E-state index is 0.137. The van der Waals surface area contributed by atoms with Crippen LogP contribution in [0.25, 0.3) is 16.9 Å². The third-order valence-electron chi connectivity index (χ3n) is 4.98. The van der Waals surface area contributed by atoms with E-state index in [0.717, 1.165) is 37.2 Å². The molecule has 0 bridgehead atoms. The molecular formula is C24H25N5O. The van der Waals surface area contributed by atoms with Crippen LogP contribution in [-0.2, 0) is 13.1 Å². The Morgan fingerprint density at radius 3 is 2.60 bits per heavy atom. The smallest absolute Gasteiger partial charge is 0.280 e. The monoisotopic (exact) mass is 399 g/mol. The normalized spacial score (nSPS) is 11.1. The van der Waals surface area contributed by atoms with Crippen LogP contribution in [0, 0.1) is 0 Å². The summed E-state index contributed by atoms with van der Waals surface area (Å²) in [5.41, 5.74) is 3.63. The highest BCUT2D eigenvalue weighted by molar-refractivity contribution is 5.60. The molecule has 4 aromatic rings. The van der Waals surface area contributed by atoms with Gasteiger partial charge in [-0.1, -0.05) is 43.3 Å². The van der Waals surface area contributed by atoms with Crippen molar-refractivity contribution in [2.24, 2.45) is 0 Å². The summed E-state index contributed by atoms with van der Waals surface area (Å²) in [5, 5.41) is 3.03. The Balaban J connectivity index is 1.57. The summed E-state index contributed by atoms with van der Waals surface area (Å²) < 4.78 is 1.48. The Morgan fingerprint density at radius 1 is 1.00 bits per heavy atom. The molecule has 0 aliphatic heterocycles. The maximum Gasteiger partial charge on any atom is 0.280 e. The molecule has 0 saturated carbocycles. The molecule has 0 aliphatic carbocycles. The van der Waals surface area contributed by atoms with Crippen molar-refractivity contribution in [2.75, 3.05) is 6.54 Å². The predicted octanol–water partition coefficient (Wildman–Crippen LogP) is 4.03. The van der Waals surface area contributed by atoms with Crippen LogP contribution >= 0.6 is 0 Å². The summed E-state index contributed by atoms with van der Waals surface area (Å²) >= 11 is 0. The maximum absolute atomic E-state index is 12.9. The van der Waals surface area contributed by atoms with Crippen LogP contribution in [-0.4, -0.2) is 31.2 Å². The largest absolute Gasteiger partial charge is 0.296 e. The number of nitrogens with zero attached hydrogens (tertiary/aromatic N) is 4. The van der Waals surface area contributed by atoms with Crippen LogP contribution in [0.4, 0.5) is 0 Å². The van der Waals surface area contributed by atoms with E-state index in [2.05, 4.69) is 51.2 Å². The van der Waals surface area contributed by atoms with Gasteiger partial charge in [-0.25, -0.2) is 9.67 Å². The van der Waals surface area contributed by atoms with Crippen LogP contribution in [0.3, 0.4) is 0 Å². The molecule has 30 heavy (non-hydrogen) atoms. The second kappa shape index (κ2) is 9.33. The van der Waals surface area contributed by atoms with E-state index >= 15 is 0 Å². The Labute approximate surface area is 175 Å². The molecule has 6 nitrogen and oxygen atoms in total. The van der Waals surface area contributed by atoms with E-state index in [-0.39, 0.29) is 5.56 Å². The SMILES string of the molecule is CCCN(Cc1ccccc1)Cc1ccnc(-n2[nH]cc(-c3cccnc3)c2=O)c1. The molecule has 0 atom stereocenters. The first-order valence-corrected chi connectivity index (χ1v) is 10.2. The molecule has 152 valence electrons. The van der Waals surface area contributed by atoms with Crippen molar-refractivity contribution in [1.29, 1.82) is 0 Å². The standard InChI is InChI=1S/C24H25N5O/c1-2-13-28(17-19-7-4-3-5-8-19)18-20-10-12-26-23(14-20)29-24(30)22(16-27-29)21-9-6-11-25-15-21/h3-12,14-16,27H,2,13,17-18H2,1H3. The van der Waals surface area contributed by atoms with Gasteiger partial charge in [0, 0.05) is 43.4 Å². The van der Waals surface area contributed by atoms with E-state index in [4.69, 9.17) is 0 Å². The summed E-state index contributed by atoms with van der Waals surface area (Å²) in [6.07, 6.45) is 7.92. The molecule has 0 amide bonds. The predicted molar refractivity (Wildman–Crippen MR) is 118 cm³/mol. The van der Waals surface area contributed by atoms with Crippen LogP contribution in [0.2, 0.25) is 0 Å². The number of nitrogens with one attached hydrogen (secondary N) is 1. The van der Waals surface area contributed by atoms with Gasteiger partial charge in [0.25, 0.3) is 5.56 Å². The van der Waals surface area contributed by atoms with Crippen LogP contribution in [0.15, 0.2) is 84.2 Å². The van der Waals surface area contributed by atoms with E-state index in [1.165, 1.54) is 10.2 Å². The Kier molecular flexibility index (Phi) is 6.15. The molecule has 3 heterocycles. The number of hydrogen-bond donors (Lipinski definition) is 1. The van der Waals surface area contributed by atoms with Crippen molar-refractivity contribution >= 4 is 0 Å². The molecule has 0 spiro atoms. The zero-order chi connectivity index (χ0) is 20.8. The molecule has 0 unspecified atom stereocenters. The van der Waals surface area contributed by atoms with E-state index in [1.807, 2.05) is 30.3 Å². The fourth-order valence-electron chi connectivity index (χ4n) is 3.58.